The van der Waals surface area contributed by atoms with Crippen LogP contribution >= 0.6 is 0 Å². The predicted octanol–water partition coefficient (Wildman–Crippen LogP) is 5.36. The Balaban J connectivity index is 1.26. The molecule has 0 aromatic carbocycles. The summed E-state index contributed by atoms with van der Waals surface area (Å²) in [5, 5.41) is 33.5. The van der Waals surface area contributed by atoms with Gasteiger partial charge in [-0.1, -0.05) is 65.5 Å². The third kappa shape index (κ3) is 5.99. The van der Waals surface area contributed by atoms with E-state index in [1.165, 1.54) is 63.9 Å². The van der Waals surface area contributed by atoms with Crippen LogP contribution in [0.15, 0.2) is 11.6 Å². The highest BCUT2D eigenvalue weighted by atomic mass is 16.7. The monoisotopic (exact) mass is 589 g/mol. The summed E-state index contributed by atoms with van der Waals surface area (Å²) in [5.41, 5.74) is 2.18. The molecule has 0 aromatic rings. The molecule has 5 rings (SSSR count). The van der Waals surface area contributed by atoms with Gasteiger partial charge in [-0.15, -0.1) is 0 Å². The molecule has 0 spiro atoms. The molecule has 1 aliphatic heterocycles. The molecule has 4 aliphatic carbocycles. The summed E-state index contributed by atoms with van der Waals surface area (Å²) in [4.78, 5) is 11.9. The average molecular weight is 590 g/mol. The highest BCUT2D eigenvalue weighted by Crippen LogP contribution is 2.67. The average Bonchev–Trinajstić information content (AvgIpc) is 3.29. The number of aliphatic hydroxyl groups excluding tert-OH is 3. The van der Waals surface area contributed by atoms with E-state index in [0.29, 0.717) is 5.41 Å². The Hall–Kier alpha value is -0.990. The SMILES string of the molecule is CC(=O)N[C@H]1[C@H](O[C@@H]2CC[C@@]3(C)C(=CC[C@H]4[C@@H]5CC[C@H]([C@H](C)CCCC(C)C)[C@@]5(C)CC[C@@H]43)C2)O[C@H](CO)[C@@H](O)[C@@H]1O. The third-order valence-corrected chi connectivity index (χ3v) is 12.8. The lowest BCUT2D eigenvalue weighted by atomic mass is 9.47. The number of nitrogens with one attached hydrogen (secondary N) is 1. The molecule has 0 aromatic heterocycles. The molecule has 1 amide bonds. The summed E-state index contributed by atoms with van der Waals surface area (Å²) in [5.74, 6) is 4.48. The Morgan fingerprint density at radius 1 is 1.07 bits per heavy atom. The molecule has 0 unspecified atom stereocenters. The number of hydrogen-bond donors (Lipinski definition) is 4. The summed E-state index contributed by atoms with van der Waals surface area (Å²) < 4.78 is 12.3. The minimum Gasteiger partial charge on any atom is -0.394 e. The zero-order chi connectivity index (χ0) is 30.4. The number of amides is 1. The Bertz CT molecular complexity index is 985. The van der Waals surface area contributed by atoms with E-state index in [2.05, 4.69) is 46.0 Å². The number of ether oxygens (including phenoxy) is 2. The molecule has 0 radical (unpaired) electrons. The van der Waals surface area contributed by atoms with Crippen molar-refractivity contribution >= 4 is 5.91 Å². The maximum absolute atomic E-state index is 11.9. The van der Waals surface area contributed by atoms with Crippen molar-refractivity contribution in [1.29, 1.82) is 0 Å². The number of carbonyl (C=O) groups excluding carboxylic acids is 1. The first kappa shape index (κ1) is 32.4. The Morgan fingerprint density at radius 2 is 1.83 bits per heavy atom. The first-order valence-electron chi connectivity index (χ1n) is 17.1. The Kier molecular flexibility index (Phi) is 9.86. The maximum Gasteiger partial charge on any atom is 0.217 e. The molecule has 7 nitrogen and oxygen atoms in total. The van der Waals surface area contributed by atoms with Crippen LogP contribution in [0.2, 0.25) is 0 Å². The summed E-state index contributed by atoms with van der Waals surface area (Å²) in [6.45, 7) is 13.3. The van der Waals surface area contributed by atoms with Gasteiger partial charge >= 0.3 is 0 Å². The van der Waals surface area contributed by atoms with Crippen LogP contribution in [0.1, 0.15) is 112 Å². The fourth-order valence-electron chi connectivity index (χ4n) is 10.5. The first-order valence-corrected chi connectivity index (χ1v) is 17.1. The van der Waals surface area contributed by atoms with Gasteiger partial charge in [-0.3, -0.25) is 4.79 Å². The molecule has 7 heteroatoms. The normalized spacial score (nSPS) is 45.9. The summed E-state index contributed by atoms with van der Waals surface area (Å²) in [6, 6.07) is -0.891. The topological polar surface area (TPSA) is 108 Å². The first-order chi connectivity index (χ1) is 19.9. The second-order valence-corrected chi connectivity index (χ2v) is 15.7. The van der Waals surface area contributed by atoms with Crippen molar-refractivity contribution in [2.75, 3.05) is 6.61 Å². The highest BCUT2D eigenvalue weighted by Gasteiger charge is 2.59. The van der Waals surface area contributed by atoms with Gasteiger partial charge in [0, 0.05) is 6.92 Å². The van der Waals surface area contributed by atoms with Crippen LogP contribution in [0.3, 0.4) is 0 Å². The third-order valence-electron chi connectivity index (χ3n) is 12.8. The summed E-state index contributed by atoms with van der Waals surface area (Å²) in [7, 11) is 0. The molecule has 1 heterocycles. The van der Waals surface area contributed by atoms with Gasteiger partial charge in [0.2, 0.25) is 5.91 Å². The van der Waals surface area contributed by atoms with Crippen LogP contribution in [0.5, 0.6) is 0 Å². The number of rotatable bonds is 9. The van der Waals surface area contributed by atoms with Gasteiger partial charge in [0.25, 0.3) is 0 Å². The summed E-state index contributed by atoms with van der Waals surface area (Å²) in [6.07, 6.45) is 11.5. The fraction of sp³-hybridized carbons (Fsp3) is 0.914. The Morgan fingerprint density at radius 3 is 2.52 bits per heavy atom. The lowest BCUT2D eigenvalue weighted by molar-refractivity contribution is -0.284. The van der Waals surface area contributed by atoms with E-state index in [1.807, 2.05) is 0 Å². The van der Waals surface area contributed by atoms with E-state index in [0.717, 1.165) is 54.8 Å². The van der Waals surface area contributed by atoms with E-state index in [4.69, 9.17) is 9.47 Å². The van der Waals surface area contributed by atoms with Gasteiger partial charge < -0.3 is 30.1 Å². The van der Waals surface area contributed by atoms with E-state index in [-0.39, 0.29) is 17.4 Å². The molecule has 240 valence electrons. The molecule has 3 saturated carbocycles. The number of allylic oxidation sites excluding steroid dienone is 1. The van der Waals surface area contributed by atoms with Crippen molar-refractivity contribution in [2.45, 2.75) is 149 Å². The lowest BCUT2D eigenvalue weighted by Gasteiger charge is -2.58. The second kappa shape index (κ2) is 12.8. The van der Waals surface area contributed by atoms with Crippen molar-refractivity contribution in [3.8, 4) is 0 Å². The molecule has 0 bridgehead atoms. The Labute approximate surface area is 254 Å². The standard InChI is InChI=1S/C35H59NO6/c1-20(2)8-7-9-21(3)26-12-13-27-25-11-10-23-18-24(14-16-34(23,5)28(25)15-17-35(26,27)6)41-33-30(36-22(4)38)32(40)31(39)29(19-37)42-33/h10,20-21,24-33,37,39-40H,7-9,11-19H2,1-6H3,(H,36,38)/t21-,24-,25+,26-,27+,28+,29-,30-,31-,32-,33-,34+,35-/m1/s1. The number of fused-ring (bicyclic) bond motifs is 5. The largest absolute Gasteiger partial charge is 0.394 e. The van der Waals surface area contributed by atoms with Crippen LogP contribution in [0.25, 0.3) is 0 Å². The molecule has 5 aliphatic rings. The van der Waals surface area contributed by atoms with Crippen LogP contribution in [0.4, 0.5) is 0 Å². The lowest BCUT2D eigenvalue weighted by Crippen LogP contribution is -2.65. The van der Waals surface area contributed by atoms with Gasteiger partial charge in [0.1, 0.15) is 24.4 Å². The minimum atomic E-state index is -1.30. The van der Waals surface area contributed by atoms with Gasteiger partial charge in [-0.25, -0.2) is 0 Å². The van der Waals surface area contributed by atoms with Crippen molar-refractivity contribution in [2.24, 2.45) is 46.3 Å². The van der Waals surface area contributed by atoms with Crippen molar-refractivity contribution < 1.29 is 29.6 Å². The quantitative estimate of drug-likeness (QED) is 0.270. The smallest absolute Gasteiger partial charge is 0.217 e. The van der Waals surface area contributed by atoms with Crippen LogP contribution < -0.4 is 5.32 Å². The van der Waals surface area contributed by atoms with Crippen LogP contribution in [0, 0.1) is 46.3 Å². The zero-order valence-electron chi connectivity index (χ0n) is 27.1. The number of aliphatic hydroxyl groups is 3. The molecular weight excluding hydrogens is 530 g/mol. The van der Waals surface area contributed by atoms with Crippen LogP contribution in [-0.4, -0.2) is 64.6 Å². The molecule has 13 atom stereocenters. The van der Waals surface area contributed by atoms with E-state index >= 15 is 0 Å². The van der Waals surface area contributed by atoms with E-state index in [9.17, 15) is 20.1 Å². The minimum absolute atomic E-state index is 0.0969. The number of hydrogen-bond acceptors (Lipinski definition) is 6. The molecular formula is C35H59NO6. The van der Waals surface area contributed by atoms with E-state index < -0.39 is 37.3 Å². The molecule has 1 saturated heterocycles. The van der Waals surface area contributed by atoms with Crippen LogP contribution in [-0.2, 0) is 14.3 Å². The van der Waals surface area contributed by atoms with Gasteiger partial charge in [0.05, 0.1) is 12.7 Å². The fourth-order valence-corrected chi connectivity index (χ4v) is 10.5. The second-order valence-electron chi connectivity index (χ2n) is 15.7. The van der Waals surface area contributed by atoms with Crippen molar-refractivity contribution in [3.63, 3.8) is 0 Å². The van der Waals surface area contributed by atoms with E-state index in [1.54, 1.807) is 0 Å². The summed E-state index contributed by atoms with van der Waals surface area (Å²) >= 11 is 0. The van der Waals surface area contributed by atoms with Crippen molar-refractivity contribution in [3.05, 3.63) is 11.6 Å². The zero-order valence-corrected chi connectivity index (χ0v) is 27.1. The van der Waals surface area contributed by atoms with Gasteiger partial charge in [0.15, 0.2) is 6.29 Å². The predicted molar refractivity (Wildman–Crippen MR) is 163 cm³/mol. The molecule has 4 N–H and O–H groups in total. The molecule has 4 fully saturated rings. The maximum atomic E-state index is 11.9. The van der Waals surface area contributed by atoms with Gasteiger partial charge in [-0.05, 0) is 97.7 Å². The van der Waals surface area contributed by atoms with Gasteiger partial charge in [-0.2, -0.15) is 0 Å². The molecule has 42 heavy (non-hydrogen) atoms. The highest BCUT2D eigenvalue weighted by molar-refractivity contribution is 5.73. The number of carbonyl (C=O) groups is 1. The van der Waals surface area contributed by atoms with Crippen molar-refractivity contribution in [1.82, 2.24) is 5.32 Å².